The highest BCUT2D eigenvalue weighted by Gasteiger charge is 2.40. The molecule has 0 saturated heterocycles. The van der Waals surface area contributed by atoms with Crippen LogP contribution in [0.15, 0.2) is 12.2 Å². The van der Waals surface area contributed by atoms with Gasteiger partial charge in [-0.25, -0.2) is 0 Å². The third-order valence-corrected chi connectivity index (χ3v) is 11.5. The molecule has 1 aliphatic rings. The van der Waals surface area contributed by atoms with E-state index in [1.165, 1.54) is 22.3 Å². The minimum atomic E-state index is -1.90. The summed E-state index contributed by atoms with van der Waals surface area (Å²) >= 11 is 0. The molecule has 3 nitrogen and oxygen atoms in total. The Bertz CT molecular complexity index is 774. The molecule has 4 heteroatoms. The monoisotopic (exact) mass is 432 g/mol. The molecular formula is C26H44O3Si. The number of benzene rings is 1. The first-order valence-corrected chi connectivity index (χ1v) is 14.5. The second kappa shape index (κ2) is 9.48. The van der Waals surface area contributed by atoms with Crippen molar-refractivity contribution in [2.24, 2.45) is 0 Å². The second-order valence-corrected chi connectivity index (χ2v) is 15.5. The van der Waals surface area contributed by atoms with E-state index in [0.29, 0.717) is 6.61 Å². The fourth-order valence-electron chi connectivity index (χ4n) is 3.81. The number of fused-ring (bicyclic) bond motifs is 1. The average Bonchev–Trinajstić information content (AvgIpc) is 2.65. The number of allylic oxidation sites excluding steroid dienone is 1. The Hall–Kier alpha value is -1.26. The first-order chi connectivity index (χ1) is 13.8. The Morgan fingerprint density at radius 2 is 1.73 bits per heavy atom. The summed E-state index contributed by atoms with van der Waals surface area (Å²) in [6.07, 6.45) is 10.6. The molecule has 170 valence electrons. The summed E-state index contributed by atoms with van der Waals surface area (Å²) < 4.78 is 13.4. The predicted molar refractivity (Wildman–Crippen MR) is 131 cm³/mol. The number of aliphatic hydroxyl groups is 1. The van der Waals surface area contributed by atoms with E-state index in [1.807, 2.05) is 0 Å². The van der Waals surface area contributed by atoms with E-state index in [9.17, 15) is 0 Å². The standard InChI is InChI=1S/C26H44O3Si/c1-19-20(2)24-22(21(3)23(19)29-30(8,9)25(4,5)6)15-17-26(7,28-24)16-13-11-10-12-14-18-27/h13,16,27H,10-12,14-15,17-18H2,1-9H3/b16-13+/t26-/m1/s1. The van der Waals surface area contributed by atoms with Gasteiger partial charge in [0.1, 0.15) is 17.1 Å². The minimum absolute atomic E-state index is 0.173. The molecule has 0 fully saturated rings. The molecular weight excluding hydrogens is 388 g/mol. The molecule has 0 aliphatic carbocycles. The molecule has 30 heavy (non-hydrogen) atoms. The van der Waals surface area contributed by atoms with Crippen molar-refractivity contribution in [1.82, 2.24) is 0 Å². The summed E-state index contributed by atoms with van der Waals surface area (Å²) in [5, 5.41) is 9.08. The Morgan fingerprint density at radius 1 is 1.07 bits per heavy atom. The van der Waals surface area contributed by atoms with Crippen LogP contribution >= 0.6 is 0 Å². The van der Waals surface area contributed by atoms with Crippen LogP contribution in [-0.2, 0) is 6.42 Å². The van der Waals surface area contributed by atoms with Crippen molar-refractivity contribution in [3.63, 3.8) is 0 Å². The van der Waals surface area contributed by atoms with Crippen LogP contribution in [0.2, 0.25) is 18.1 Å². The number of ether oxygens (including phenoxy) is 1. The zero-order valence-electron chi connectivity index (χ0n) is 20.9. The summed E-state index contributed by atoms with van der Waals surface area (Å²) in [6, 6.07) is 0. The van der Waals surface area contributed by atoms with Gasteiger partial charge >= 0.3 is 0 Å². The predicted octanol–water partition coefficient (Wildman–Crippen LogP) is 7.19. The lowest BCUT2D eigenvalue weighted by Gasteiger charge is -2.40. The van der Waals surface area contributed by atoms with Crippen LogP contribution in [0.1, 0.15) is 82.1 Å². The number of unbranched alkanes of at least 4 members (excludes halogenated alkanes) is 3. The van der Waals surface area contributed by atoms with Crippen molar-refractivity contribution in [1.29, 1.82) is 0 Å². The third-order valence-electron chi connectivity index (χ3n) is 7.18. The number of hydrogen-bond acceptors (Lipinski definition) is 3. The topological polar surface area (TPSA) is 38.7 Å². The van der Waals surface area contributed by atoms with E-state index in [2.05, 4.69) is 73.7 Å². The summed E-state index contributed by atoms with van der Waals surface area (Å²) in [7, 11) is -1.90. The van der Waals surface area contributed by atoms with Crippen LogP contribution in [0.4, 0.5) is 0 Å². The van der Waals surface area contributed by atoms with Crippen molar-refractivity contribution >= 4 is 8.32 Å². The van der Waals surface area contributed by atoms with E-state index in [0.717, 1.165) is 50.0 Å². The Labute approximate surface area is 186 Å². The lowest BCUT2D eigenvalue weighted by molar-refractivity contribution is 0.112. The van der Waals surface area contributed by atoms with E-state index in [-0.39, 0.29) is 10.6 Å². The van der Waals surface area contributed by atoms with Gasteiger partial charge in [-0.3, -0.25) is 0 Å². The van der Waals surface area contributed by atoms with Crippen molar-refractivity contribution in [3.05, 3.63) is 34.4 Å². The molecule has 1 aliphatic heterocycles. The largest absolute Gasteiger partial charge is 0.543 e. The van der Waals surface area contributed by atoms with Crippen LogP contribution in [0.5, 0.6) is 11.5 Å². The summed E-state index contributed by atoms with van der Waals surface area (Å²) in [5.74, 6) is 2.15. The molecule has 0 spiro atoms. The maximum absolute atomic E-state index is 8.91. The van der Waals surface area contributed by atoms with E-state index in [4.69, 9.17) is 14.3 Å². The Kier molecular flexibility index (Phi) is 7.90. The van der Waals surface area contributed by atoms with Crippen LogP contribution < -0.4 is 9.16 Å². The summed E-state index contributed by atoms with van der Waals surface area (Å²) in [5.41, 5.74) is 4.75. The zero-order chi connectivity index (χ0) is 22.7. The third kappa shape index (κ3) is 5.50. The highest BCUT2D eigenvalue weighted by Crippen LogP contribution is 2.46. The van der Waals surface area contributed by atoms with Gasteiger partial charge in [0.2, 0.25) is 0 Å². The van der Waals surface area contributed by atoms with Crippen LogP contribution in [0, 0.1) is 20.8 Å². The highest BCUT2D eigenvalue weighted by molar-refractivity contribution is 6.74. The lowest BCUT2D eigenvalue weighted by Crippen LogP contribution is -2.44. The number of hydrogen-bond donors (Lipinski definition) is 1. The smallest absolute Gasteiger partial charge is 0.250 e. The van der Waals surface area contributed by atoms with E-state index < -0.39 is 8.32 Å². The fraction of sp³-hybridized carbons (Fsp3) is 0.692. The van der Waals surface area contributed by atoms with Crippen LogP contribution in [0.3, 0.4) is 0 Å². The number of aliphatic hydroxyl groups excluding tert-OH is 1. The molecule has 0 aromatic heterocycles. The van der Waals surface area contributed by atoms with Gasteiger partial charge in [0.25, 0.3) is 8.32 Å². The Morgan fingerprint density at radius 3 is 2.33 bits per heavy atom. The molecule has 0 radical (unpaired) electrons. The van der Waals surface area contributed by atoms with Crippen LogP contribution in [0.25, 0.3) is 0 Å². The van der Waals surface area contributed by atoms with Gasteiger partial charge in [0, 0.05) is 12.2 Å². The summed E-state index contributed by atoms with van der Waals surface area (Å²) in [4.78, 5) is 0. The van der Waals surface area contributed by atoms with E-state index >= 15 is 0 Å². The average molecular weight is 433 g/mol. The number of rotatable bonds is 8. The Balaban J connectivity index is 2.27. The van der Waals surface area contributed by atoms with Crippen LogP contribution in [-0.4, -0.2) is 25.6 Å². The van der Waals surface area contributed by atoms with Gasteiger partial charge in [-0.15, -0.1) is 0 Å². The summed E-state index contributed by atoms with van der Waals surface area (Å²) in [6.45, 7) is 20.6. The first-order valence-electron chi connectivity index (χ1n) is 11.6. The SMILES string of the molecule is Cc1c(C)c2c(c(C)c1O[Si](C)(C)C(C)(C)C)CC[C@@](C)(/C=C/CCCCCO)O2. The van der Waals surface area contributed by atoms with Crippen molar-refractivity contribution in [2.45, 2.75) is 111 Å². The van der Waals surface area contributed by atoms with Gasteiger partial charge in [-0.2, -0.15) is 0 Å². The molecule has 0 unspecified atom stereocenters. The first kappa shape index (κ1) is 25.0. The molecule has 1 aromatic carbocycles. The van der Waals surface area contributed by atoms with Gasteiger partial charge in [-0.1, -0.05) is 33.3 Å². The lowest BCUT2D eigenvalue weighted by atomic mass is 9.87. The fourth-order valence-corrected chi connectivity index (χ4v) is 4.94. The van der Waals surface area contributed by atoms with Crippen molar-refractivity contribution in [2.75, 3.05) is 6.61 Å². The minimum Gasteiger partial charge on any atom is -0.543 e. The maximum Gasteiger partial charge on any atom is 0.250 e. The van der Waals surface area contributed by atoms with Gasteiger partial charge in [0.05, 0.1) is 0 Å². The quantitative estimate of drug-likeness (QED) is 0.268. The molecule has 1 heterocycles. The normalized spacial score (nSPS) is 19.7. The molecule has 0 amide bonds. The van der Waals surface area contributed by atoms with Crippen molar-refractivity contribution < 1.29 is 14.3 Å². The van der Waals surface area contributed by atoms with Gasteiger partial charge in [0.15, 0.2) is 0 Å². The molecule has 2 rings (SSSR count). The van der Waals surface area contributed by atoms with Crippen molar-refractivity contribution in [3.8, 4) is 11.5 Å². The van der Waals surface area contributed by atoms with Gasteiger partial charge < -0.3 is 14.3 Å². The molecule has 1 atom stereocenters. The molecule has 0 bridgehead atoms. The highest BCUT2D eigenvalue weighted by atomic mass is 28.4. The molecule has 1 N–H and O–H groups in total. The molecule has 1 aromatic rings. The second-order valence-electron chi connectivity index (χ2n) is 10.8. The molecule has 0 saturated carbocycles. The zero-order valence-corrected chi connectivity index (χ0v) is 21.9. The van der Waals surface area contributed by atoms with Gasteiger partial charge in [-0.05, 0) is 101 Å². The van der Waals surface area contributed by atoms with E-state index in [1.54, 1.807) is 0 Å². The maximum atomic E-state index is 8.91.